The fourth-order valence-electron chi connectivity index (χ4n) is 4.25. The van der Waals surface area contributed by atoms with Crippen molar-refractivity contribution in [2.45, 2.75) is 51.5 Å². The van der Waals surface area contributed by atoms with Crippen LogP contribution in [-0.2, 0) is 4.79 Å². The number of hydrogen-bond acceptors (Lipinski definition) is 2. The van der Waals surface area contributed by atoms with Crippen molar-refractivity contribution < 1.29 is 4.79 Å². The third-order valence-corrected chi connectivity index (χ3v) is 5.36. The molecule has 1 aliphatic carbocycles. The van der Waals surface area contributed by atoms with E-state index in [1.807, 2.05) is 0 Å². The third kappa shape index (κ3) is 2.18. The van der Waals surface area contributed by atoms with E-state index < -0.39 is 0 Å². The first-order valence-corrected chi connectivity index (χ1v) is 7.78. The minimum Gasteiger partial charge on any atom is -0.339 e. The van der Waals surface area contributed by atoms with Gasteiger partial charge in [0, 0.05) is 19.1 Å². The molecule has 0 aromatic carbocycles. The number of amides is 1. The van der Waals surface area contributed by atoms with E-state index in [0.717, 1.165) is 25.6 Å². The van der Waals surface area contributed by atoms with Crippen LogP contribution in [0, 0.1) is 17.8 Å². The predicted molar refractivity (Wildman–Crippen MR) is 72.2 cm³/mol. The summed E-state index contributed by atoms with van der Waals surface area (Å²) in [5, 5.41) is 3.37. The Labute approximate surface area is 110 Å². The van der Waals surface area contributed by atoms with E-state index in [4.69, 9.17) is 0 Å². The quantitative estimate of drug-likeness (QED) is 0.772. The smallest absolute Gasteiger partial charge is 0.227 e. The second-order valence-corrected chi connectivity index (χ2v) is 6.53. The molecule has 18 heavy (non-hydrogen) atoms. The molecule has 0 radical (unpaired) electrons. The first-order valence-electron chi connectivity index (χ1n) is 7.78. The van der Waals surface area contributed by atoms with E-state index in [0.29, 0.717) is 17.9 Å². The third-order valence-electron chi connectivity index (χ3n) is 5.36. The van der Waals surface area contributed by atoms with Gasteiger partial charge in [-0.2, -0.15) is 0 Å². The lowest BCUT2D eigenvalue weighted by Gasteiger charge is -2.45. The molecule has 3 heteroatoms. The van der Waals surface area contributed by atoms with Crippen LogP contribution in [0.2, 0.25) is 0 Å². The maximum Gasteiger partial charge on any atom is 0.227 e. The van der Waals surface area contributed by atoms with Crippen molar-refractivity contribution in [3.8, 4) is 0 Å². The molecular weight excluding hydrogens is 224 g/mol. The van der Waals surface area contributed by atoms with E-state index in [1.54, 1.807) is 0 Å². The summed E-state index contributed by atoms with van der Waals surface area (Å²) >= 11 is 0. The highest BCUT2D eigenvalue weighted by molar-refractivity contribution is 5.80. The van der Waals surface area contributed by atoms with E-state index in [1.165, 1.54) is 38.5 Å². The molecule has 0 bridgehead atoms. The van der Waals surface area contributed by atoms with Crippen molar-refractivity contribution in [3.05, 3.63) is 0 Å². The van der Waals surface area contributed by atoms with Gasteiger partial charge in [-0.05, 0) is 44.1 Å². The van der Waals surface area contributed by atoms with Crippen molar-refractivity contribution in [3.63, 3.8) is 0 Å². The zero-order valence-corrected chi connectivity index (χ0v) is 11.5. The molecule has 1 N–H and O–H groups in total. The predicted octanol–water partition coefficient (Wildman–Crippen LogP) is 2.02. The minimum atomic E-state index is 0.241. The lowest BCUT2D eigenvalue weighted by Crippen LogP contribution is -2.52. The summed E-state index contributed by atoms with van der Waals surface area (Å²) in [6.07, 6.45) is 7.89. The molecule has 3 rings (SSSR count). The van der Waals surface area contributed by atoms with Gasteiger partial charge in [0.1, 0.15) is 0 Å². The van der Waals surface area contributed by atoms with E-state index >= 15 is 0 Å². The minimum absolute atomic E-state index is 0.241. The summed E-state index contributed by atoms with van der Waals surface area (Å²) in [4.78, 5) is 15.0. The van der Waals surface area contributed by atoms with Crippen molar-refractivity contribution in [1.82, 2.24) is 10.2 Å². The first-order chi connectivity index (χ1) is 8.77. The van der Waals surface area contributed by atoms with Crippen LogP contribution in [0.25, 0.3) is 0 Å². The number of carbonyl (C=O) groups excluding carboxylic acids is 1. The molecule has 0 aromatic rings. The van der Waals surface area contributed by atoms with Gasteiger partial charge in [0.25, 0.3) is 0 Å². The van der Waals surface area contributed by atoms with E-state index in [2.05, 4.69) is 17.1 Å². The topological polar surface area (TPSA) is 32.3 Å². The van der Waals surface area contributed by atoms with Gasteiger partial charge in [-0.1, -0.05) is 19.8 Å². The highest BCUT2D eigenvalue weighted by atomic mass is 16.2. The van der Waals surface area contributed by atoms with Gasteiger partial charge >= 0.3 is 0 Å². The first kappa shape index (κ1) is 12.5. The molecular formula is C15H26N2O. The molecule has 0 spiro atoms. The van der Waals surface area contributed by atoms with Gasteiger partial charge in [-0.3, -0.25) is 4.79 Å². The molecule has 3 fully saturated rings. The summed E-state index contributed by atoms with van der Waals surface area (Å²) in [5.41, 5.74) is 0. The van der Waals surface area contributed by atoms with Crippen molar-refractivity contribution in [1.29, 1.82) is 0 Å². The number of piperidine rings is 1. The summed E-state index contributed by atoms with van der Waals surface area (Å²) in [6, 6.07) is 0.577. The average molecular weight is 250 g/mol. The van der Waals surface area contributed by atoms with Crippen molar-refractivity contribution in [2.75, 3.05) is 19.6 Å². The van der Waals surface area contributed by atoms with Crippen LogP contribution in [0.4, 0.5) is 0 Å². The van der Waals surface area contributed by atoms with Gasteiger partial charge in [0.15, 0.2) is 0 Å². The van der Waals surface area contributed by atoms with Gasteiger partial charge in [0.2, 0.25) is 5.91 Å². The molecule has 2 heterocycles. The molecule has 102 valence electrons. The number of nitrogens with one attached hydrogen (secondary N) is 1. The van der Waals surface area contributed by atoms with Crippen LogP contribution >= 0.6 is 0 Å². The van der Waals surface area contributed by atoms with Gasteiger partial charge in [-0.15, -0.1) is 0 Å². The number of likely N-dealkylation sites (tertiary alicyclic amines) is 1. The standard InChI is InChI=1S/C15H26N2O/c1-11-9-16-10-13(11)15(18)17-8-4-6-12-5-2-3-7-14(12)17/h11-14,16H,2-10H2,1H3/t11?,12-,13?,14-/m1/s1. The Balaban J connectivity index is 1.71. The highest BCUT2D eigenvalue weighted by Crippen LogP contribution is 2.36. The Hall–Kier alpha value is -0.570. The fraction of sp³-hybridized carbons (Fsp3) is 0.933. The van der Waals surface area contributed by atoms with Crippen molar-refractivity contribution in [2.24, 2.45) is 17.8 Å². The Morgan fingerprint density at radius 3 is 2.67 bits per heavy atom. The zero-order valence-electron chi connectivity index (χ0n) is 11.5. The van der Waals surface area contributed by atoms with Gasteiger partial charge < -0.3 is 10.2 Å². The van der Waals surface area contributed by atoms with Crippen LogP contribution in [0.15, 0.2) is 0 Å². The number of rotatable bonds is 1. The number of nitrogens with zero attached hydrogens (tertiary/aromatic N) is 1. The maximum atomic E-state index is 12.8. The van der Waals surface area contributed by atoms with E-state index in [-0.39, 0.29) is 5.92 Å². The number of fused-ring (bicyclic) bond motifs is 1. The lowest BCUT2D eigenvalue weighted by atomic mass is 9.77. The molecule has 2 unspecified atom stereocenters. The number of carbonyl (C=O) groups is 1. The summed E-state index contributed by atoms with van der Waals surface area (Å²) < 4.78 is 0. The van der Waals surface area contributed by atoms with Gasteiger partial charge in [0.05, 0.1) is 5.92 Å². The summed E-state index contributed by atoms with van der Waals surface area (Å²) in [6.45, 7) is 5.14. The molecule has 2 saturated heterocycles. The molecule has 2 aliphatic heterocycles. The molecule has 0 aromatic heterocycles. The molecule has 1 amide bonds. The Morgan fingerprint density at radius 2 is 1.89 bits per heavy atom. The molecule has 3 nitrogen and oxygen atoms in total. The van der Waals surface area contributed by atoms with Crippen LogP contribution in [0.5, 0.6) is 0 Å². The molecule has 4 atom stereocenters. The maximum absolute atomic E-state index is 12.8. The monoisotopic (exact) mass is 250 g/mol. The van der Waals surface area contributed by atoms with Crippen molar-refractivity contribution >= 4 is 5.91 Å². The lowest BCUT2D eigenvalue weighted by molar-refractivity contribution is -0.142. The second kappa shape index (κ2) is 5.20. The largest absolute Gasteiger partial charge is 0.339 e. The van der Waals surface area contributed by atoms with Crippen LogP contribution in [0.1, 0.15) is 45.4 Å². The Bertz CT molecular complexity index is 316. The fourth-order valence-corrected chi connectivity index (χ4v) is 4.25. The normalized spacial score (nSPS) is 40.6. The summed E-state index contributed by atoms with van der Waals surface area (Å²) in [5.74, 6) is 2.01. The van der Waals surface area contributed by atoms with Crippen LogP contribution in [-0.4, -0.2) is 36.5 Å². The SMILES string of the molecule is CC1CNCC1C(=O)N1CCC[C@H]2CCCC[C@H]21. The highest BCUT2D eigenvalue weighted by Gasteiger charge is 2.40. The molecule has 1 saturated carbocycles. The van der Waals surface area contributed by atoms with Crippen LogP contribution in [0.3, 0.4) is 0 Å². The Morgan fingerprint density at radius 1 is 1.11 bits per heavy atom. The second-order valence-electron chi connectivity index (χ2n) is 6.53. The van der Waals surface area contributed by atoms with Crippen LogP contribution < -0.4 is 5.32 Å². The number of hydrogen-bond donors (Lipinski definition) is 1. The summed E-state index contributed by atoms with van der Waals surface area (Å²) in [7, 11) is 0. The Kier molecular flexibility index (Phi) is 3.60. The van der Waals surface area contributed by atoms with Gasteiger partial charge in [-0.25, -0.2) is 0 Å². The zero-order chi connectivity index (χ0) is 12.5. The van der Waals surface area contributed by atoms with E-state index in [9.17, 15) is 4.79 Å². The molecule has 3 aliphatic rings. The average Bonchev–Trinajstić information content (AvgIpc) is 2.83.